The molecule has 29 heavy (non-hydrogen) atoms. The van der Waals surface area contributed by atoms with Gasteiger partial charge in [0.2, 0.25) is 17.7 Å². The van der Waals surface area contributed by atoms with Crippen LogP contribution in [-0.2, 0) is 14.4 Å². The Bertz CT molecular complexity index is 940. The maximum Gasteiger partial charge on any atom is 0.249 e. The molecule has 1 aliphatic heterocycles. The van der Waals surface area contributed by atoms with Crippen molar-refractivity contribution in [2.75, 3.05) is 17.3 Å². The van der Waals surface area contributed by atoms with Crippen LogP contribution in [0.4, 0.5) is 9.52 Å². The van der Waals surface area contributed by atoms with Crippen LogP contribution in [0.25, 0.3) is 10.2 Å². The number of halogens is 1. The molecule has 4 rings (SSSR count). The van der Waals surface area contributed by atoms with Crippen molar-refractivity contribution in [1.29, 1.82) is 0 Å². The molecule has 1 aromatic heterocycles. The van der Waals surface area contributed by atoms with E-state index in [1.165, 1.54) is 28.4 Å². The maximum absolute atomic E-state index is 13.4. The van der Waals surface area contributed by atoms with E-state index in [1.54, 1.807) is 17.8 Å². The summed E-state index contributed by atoms with van der Waals surface area (Å²) < 4.78 is 14.0. The van der Waals surface area contributed by atoms with Gasteiger partial charge in [-0.1, -0.05) is 24.2 Å². The van der Waals surface area contributed by atoms with E-state index >= 15 is 0 Å². The van der Waals surface area contributed by atoms with Gasteiger partial charge in [-0.15, -0.1) is 0 Å². The summed E-state index contributed by atoms with van der Waals surface area (Å²) in [6.07, 6.45) is 5.63. The van der Waals surface area contributed by atoms with Crippen molar-refractivity contribution in [3.63, 3.8) is 0 Å². The monoisotopic (exact) mass is 435 g/mol. The SMILES string of the molecule is CSCC[C@H](C(=O)Nc1nc2ccc(F)cc2s1)N1C(=O)[C@H]2CCCC[C@@H]2C1=O. The van der Waals surface area contributed by atoms with Crippen LogP contribution in [0.1, 0.15) is 32.1 Å². The third-order valence-electron chi connectivity index (χ3n) is 5.67. The van der Waals surface area contributed by atoms with Crippen LogP contribution in [0.2, 0.25) is 0 Å². The molecule has 0 unspecified atom stereocenters. The Labute approximate surface area is 176 Å². The lowest BCUT2D eigenvalue weighted by atomic mass is 9.81. The number of benzene rings is 1. The van der Waals surface area contributed by atoms with E-state index in [1.807, 2.05) is 6.26 Å². The van der Waals surface area contributed by atoms with Crippen molar-refractivity contribution < 1.29 is 18.8 Å². The number of nitrogens with zero attached hydrogens (tertiary/aromatic N) is 2. The third kappa shape index (κ3) is 3.90. The minimum Gasteiger partial charge on any atom is -0.300 e. The zero-order chi connectivity index (χ0) is 20.5. The van der Waals surface area contributed by atoms with Crippen LogP contribution in [0, 0.1) is 17.7 Å². The average molecular weight is 436 g/mol. The molecule has 2 aliphatic rings. The predicted molar refractivity (Wildman–Crippen MR) is 112 cm³/mol. The Morgan fingerprint density at radius 1 is 1.31 bits per heavy atom. The Hall–Kier alpha value is -2.00. The van der Waals surface area contributed by atoms with E-state index < -0.39 is 11.9 Å². The molecule has 0 spiro atoms. The van der Waals surface area contributed by atoms with Crippen molar-refractivity contribution >= 4 is 56.2 Å². The average Bonchev–Trinajstić information content (AvgIpc) is 3.21. The fraction of sp³-hybridized carbons (Fsp3) is 0.500. The van der Waals surface area contributed by atoms with Gasteiger partial charge in [-0.2, -0.15) is 11.8 Å². The first-order valence-electron chi connectivity index (χ1n) is 9.72. The Morgan fingerprint density at radius 2 is 2.00 bits per heavy atom. The number of hydrogen-bond acceptors (Lipinski definition) is 6. The smallest absolute Gasteiger partial charge is 0.249 e. The molecule has 6 nitrogen and oxygen atoms in total. The van der Waals surface area contributed by atoms with E-state index in [0.717, 1.165) is 12.8 Å². The number of likely N-dealkylation sites (tertiary alicyclic amines) is 1. The molecule has 0 bridgehead atoms. The van der Waals surface area contributed by atoms with E-state index in [9.17, 15) is 18.8 Å². The predicted octanol–water partition coefficient (Wildman–Crippen LogP) is 3.67. The number of imide groups is 1. The molecule has 1 aliphatic carbocycles. The number of carbonyl (C=O) groups excluding carboxylic acids is 3. The summed E-state index contributed by atoms with van der Waals surface area (Å²) in [6, 6.07) is 3.39. The second-order valence-electron chi connectivity index (χ2n) is 7.46. The van der Waals surface area contributed by atoms with Gasteiger partial charge in [0.15, 0.2) is 5.13 Å². The van der Waals surface area contributed by atoms with Gasteiger partial charge < -0.3 is 5.32 Å². The summed E-state index contributed by atoms with van der Waals surface area (Å²) in [6.45, 7) is 0. The number of thioether (sulfide) groups is 1. The van der Waals surface area contributed by atoms with Crippen molar-refractivity contribution in [3.05, 3.63) is 24.0 Å². The summed E-state index contributed by atoms with van der Waals surface area (Å²) in [5, 5.41) is 3.08. The highest BCUT2D eigenvalue weighted by atomic mass is 32.2. The number of thiazole rings is 1. The molecular formula is C20H22FN3O3S2. The van der Waals surface area contributed by atoms with E-state index in [0.29, 0.717) is 40.4 Å². The van der Waals surface area contributed by atoms with Gasteiger partial charge in [0.25, 0.3) is 0 Å². The van der Waals surface area contributed by atoms with Gasteiger partial charge in [-0.05, 0) is 49.5 Å². The fourth-order valence-electron chi connectivity index (χ4n) is 4.24. The first-order valence-corrected chi connectivity index (χ1v) is 11.9. The molecule has 1 saturated heterocycles. The van der Waals surface area contributed by atoms with Crippen LogP contribution in [0.3, 0.4) is 0 Å². The molecule has 1 aromatic carbocycles. The zero-order valence-electron chi connectivity index (χ0n) is 16.0. The van der Waals surface area contributed by atoms with Crippen LogP contribution < -0.4 is 5.32 Å². The van der Waals surface area contributed by atoms with Gasteiger partial charge in [-0.3, -0.25) is 19.3 Å². The molecule has 3 amide bonds. The Balaban J connectivity index is 1.57. The van der Waals surface area contributed by atoms with Crippen molar-refractivity contribution in [1.82, 2.24) is 9.88 Å². The number of nitrogens with one attached hydrogen (secondary N) is 1. The van der Waals surface area contributed by atoms with E-state index in [2.05, 4.69) is 10.3 Å². The number of amides is 3. The summed E-state index contributed by atoms with van der Waals surface area (Å²) in [4.78, 5) is 44.5. The minimum atomic E-state index is -0.850. The van der Waals surface area contributed by atoms with Gasteiger partial charge >= 0.3 is 0 Å². The standard InChI is InChI=1S/C20H22FN3O3S2/c1-28-9-8-15(24-18(26)12-4-2-3-5-13(12)19(24)27)17(25)23-20-22-14-7-6-11(21)10-16(14)29-20/h6-7,10,12-13,15H,2-5,8-9H2,1H3,(H,22,23,25)/t12-,13-,15+/m0/s1. The molecule has 0 radical (unpaired) electrons. The molecule has 3 atom stereocenters. The lowest BCUT2D eigenvalue weighted by Crippen LogP contribution is -2.48. The lowest BCUT2D eigenvalue weighted by molar-refractivity contribution is -0.146. The molecule has 1 saturated carbocycles. The van der Waals surface area contributed by atoms with Gasteiger partial charge in [0.1, 0.15) is 11.9 Å². The quantitative estimate of drug-likeness (QED) is 0.701. The third-order valence-corrected chi connectivity index (χ3v) is 7.24. The highest BCUT2D eigenvalue weighted by molar-refractivity contribution is 7.98. The highest BCUT2D eigenvalue weighted by Gasteiger charge is 2.51. The summed E-state index contributed by atoms with van der Waals surface area (Å²) in [5.74, 6) is -1.14. The molecule has 2 heterocycles. The fourth-order valence-corrected chi connectivity index (χ4v) is 5.60. The Kier molecular flexibility index (Phi) is 5.87. The molecule has 9 heteroatoms. The van der Waals surface area contributed by atoms with Crippen LogP contribution in [0.5, 0.6) is 0 Å². The highest BCUT2D eigenvalue weighted by Crippen LogP contribution is 2.39. The number of anilines is 1. The largest absolute Gasteiger partial charge is 0.300 e. The first kappa shape index (κ1) is 20.3. The first-order chi connectivity index (χ1) is 14.0. The molecule has 2 fully saturated rings. The van der Waals surface area contributed by atoms with Crippen LogP contribution in [0.15, 0.2) is 18.2 Å². The minimum absolute atomic E-state index is 0.215. The second-order valence-corrected chi connectivity index (χ2v) is 9.48. The molecule has 1 N–H and O–H groups in total. The number of carbonyl (C=O) groups is 3. The maximum atomic E-state index is 13.4. The van der Waals surface area contributed by atoms with Crippen molar-refractivity contribution in [2.45, 2.75) is 38.1 Å². The number of aromatic nitrogens is 1. The lowest BCUT2D eigenvalue weighted by Gasteiger charge is -2.25. The van der Waals surface area contributed by atoms with Crippen molar-refractivity contribution in [3.8, 4) is 0 Å². The normalized spacial score (nSPS) is 22.8. The number of hydrogen-bond donors (Lipinski definition) is 1. The van der Waals surface area contributed by atoms with Gasteiger partial charge in [0.05, 0.1) is 22.1 Å². The van der Waals surface area contributed by atoms with Gasteiger partial charge in [-0.25, -0.2) is 9.37 Å². The molecular weight excluding hydrogens is 413 g/mol. The van der Waals surface area contributed by atoms with Crippen LogP contribution >= 0.6 is 23.1 Å². The Morgan fingerprint density at radius 3 is 2.66 bits per heavy atom. The van der Waals surface area contributed by atoms with Crippen LogP contribution in [-0.4, -0.2) is 45.7 Å². The molecule has 154 valence electrons. The van der Waals surface area contributed by atoms with E-state index in [-0.39, 0.29) is 29.5 Å². The molecule has 2 aromatic rings. The van der Waals surface area contributed by atoms with Crippen molar-refractivity contribution in [2.24, 2.45) is 11.8 Å². The van der Waals surface area contributed by atoms with E-state index in [4.69, 9.17) is 0 Å². The summed E-state index contributed by atoms with van der Waals surface area (Å²) in [5.41, 5.74) is 0.590. The number of fused-ring (bicyclic) bond motifs is 2. The summed E-state index contributed by atoms with van der Waals surface area (Å²) in [7, 11) is 0. The zero-order valence-corrected chi connectivity index (χ0v) is 17.7. The summed E-state index contributed by atoms with van der Waals surface area (Å²) >= 11 is 2.73. The topological polar surface area (TPSA) is 79.4 Å². The second kappa shape index (κ2) is 8.39. The van der Waals surface area contributed by atoms with Gasteiger partial charge in [0, 0.05) is 0 Å². The number of rotatable bonds is 6.